The lowest BCUT2D eigenvalue weighted by Gasteiger charge is -2.24. The number of rotatable bonds is 24. The summed E-state index contributed by atoms with van der Waals surface area (Å²) in [6.45, 7) is 5.36. The number of carbonyl (C=O) groups excluding carboxylic acids is 5. The molecule has 45 heavy (non-hydrogen) atoms. The Labute approximate surface area is 271 Å². The van der Waals surface area contributed by atoms with Crippen LogP contribution >= 0.6 is 11.8 Å². The van der Waals surface area contributed by atoms with Gasteiger partial charge in [-0.25, -0.2) is 4.79 Å². The van der Waals surface area contributed by atoms with Gasteiger partial charge in [0.1, 0.15) is 18.1 Å². The van der Waals surface area contributed by atoms with Gasteiger partial charge in [0.05, 0.1) is 5.75 Å². The van der Waals surface area contributed by atoms with E-state index in [1.54, 1.807) is 13.8 Å². The van der Waals surface area contributed by atoms with E-state index in [9.17, 15) is 33.9 Å². The molecule has 5 amide bonds. The topological polar surface area (TPSA) is 240 Å². The minimum absolute atomic E-state index is 0.156. The van der Waals surface area contributed by atoms with Crippen molar-refractivity contribution in [1.82, 2.24) is 20.9 Å². The van der Waals surface area contributed by atoms with Crippen LogP contribution in [0, 0.1) is 11.8 Å². The summed E-state index contributed by atoms with van der Waals surface area (Å²) in [5.74, 6) is -2.91. The van der Waals surface area contributed by atoms with Gasteiger partial charge in [-0.2, -0.15) is 11.8 Å². The van der Waals surface area contributed by atoms with Gasteiger partial charge in [-0.05, 0) is 77.3 Å². The maximum atomic E-state index is 13.1. The predicted molar refractivity (Wildman–Crippen MR) is 174 cm³/mol. The fraction of sp³-hybridized carbons (Fsp3) is 0.800. The molecule has 0 aromatic carbocycles. The van der Waals surface area contributed by atoms with E-state index in [1.165, 1.54) is 16.7 Å². The Morgan fingerprint density at radius 1 is 0.844 bits per heavy atom. The standard InChI is InChI=1S/C30H55N7O7S/c1-20(10-3-6-14-31)27(40)36-23(12-4-7-15-32)28(41)35-22(26(33)39)11-5-8-16-34-25(38)19-45-18-21(2)29(42)37-17-9-13-24(37)30(43)44/h20-24H,3-19,31-32H2,1-2H3,(H2,33,39)(H,34,38)(H,35,41)(H,36,40)(H,43,44)/t20-,21+,22-,23-,24?/m0/s1. The zero-order valence-electron chi connectivity index (χ0n) is 26.9. The molecule has 0 saturated carbocycles. The molecule has 5 atom stereocenters. The van der Waals surface area contributed by atoms with Crippen molar-refractivity contribution in [1.29, 1.82) is 0 Å². The quantitative estimate of drug-likeness (QED) is 0.0689. The van der Waals surface area contributed by atoms with Crippen molar-refractivity contribution in [3.05, 3.63) is 0 Å². The van der Waals surface area contributed by atoms with Gasteiger partial charge in [-0.15, -0.1) is 0 Å². The minimum atomic E-state index is -0.990. The maximum absolute atomic E-state index is 13.1. The largest absolute Gasteiger partial charge is 0.480 e. The number of nitrogens with two attached hydrogens (primary N) is 3. The van der Waals surface area contributed by atoms with E-state index in [-0.39, 0.29) is 35.8 Å². The highest BCUT2D eigenvalue weighted by molar-refractivity contribution is 7.99. The number of carbonyl (C=O) groups is 6. The first kappa shape index (κ1) is 40.1. The van der Waals surface area contributed by atoms with Gasteiger partial charge >= 0.3 is 5.97 Å². The van der Waals surface area contributed by atoms with Crippen LogP contribution in [0.1, 0.15) is 84.5 Å². The van der Waals surface area contributed by atoms with E-state index in [0.29, 0.717) is 83.3 Å². The van der Waals surface area contributed by atoms with E-state index in [2.05, 4.69) is 16.0 Å². The number of amides is 5. The van der Waals surface area contributed by atoms with Gasteiger partial charge < -0.3 is 43.2 Å². The number of primary amides is 1. The molecule has 1 rings (SSSR count). The zero-order valence-corrected chi connectivity index (χ0v) is 27.7. The Kier molecular flexibility index (Phi) is 20.1. The van der Waals surface area contributed by atoms with Crippen LogP contribution in [0.15, 0.2) is 0 Å². The summed E-state index contributed by atoms with van der Waals surface area (Å²) in [5.41, 5.74) is 16.7. The molecular formula is C30H55N7O7S. The number of nitrogens with one attached hydrogen (secondary N) is 3. The average molecular weight is 658 g/mol. The van der Waals surface area contributed by atoms with Crippen LogP contribution in [0.5, 0.6) is 0 Å². The molecule has 0 radical (unpaired) electrons. The molecule has 10 N–H and O–H groups in total. The predicted octanol–water partition coefficient (Wildman–Crippen LogP) is 0.0668. The van der Waals surface area contributed by atoms with E-state index < -0.39 is 41.8 Å². The minimum Gasteiger partial charge on any atom is -0.480 e. The average Bonchev–Trinajstić information content (AvgIpc) is 3.49. The lowest BCUT2D eigenvalue weighted by Crippen LogP contribution is -2.53. The van der Waals surface area contributed by atoms with Crippen molar-refractivity contribution < 1.29 is 33.9 Å². The Bertz CT molecular complexity index is 971. The van der Waals surface area contributed by atoms with Gasteiger partial charge in [0.2, 0.25) is 29.5 Å². The van der Waals surface area contributed by atoms with Crippen molar-refractivity contribution in [2.45, 2.75) is 103 Å². The van der Waals surface area contributed by atoms with Crippen LogP contribution in [-0.2, 0) is 28.8 Å². The summed E-state index contributed by atoms with van der Waals surface area (Å²) in [4.78, 5) is 75.5. The van der Waals surface area contributed by atoms with E-state index in [0.717, 1.165) is 12.8 Å². The summed E-state index contributed by atoms with van der Waals surface area (Å²) in [7, 11) is 0. The molecule has 258 valence electrons. The second-order valence-electron chi connectivity index (χ2n) is 11.8. The molecule has 0 aliphatic carbocycles. The first-order valence-corrected chi connectivity index (χ1v) is 17.3. The SMILES string of the molecule is C[C@H](CSCC(=O)NCCCC[C@H](NC(=O)[C@H](CCCCN)NC(=O)[C@@H](C)CCCCN)C(N)=O)C(=O)N1CCCC1C(=O)O. The van der Waals surface area contributed by atoms with Crippen molar-refractivity contribution in [2.75, 3.05) is 37.7 Å². The number of hydrogen-bond acceptors (Lipinski definition) is 9. The van der Waals surface area contributed by atoms with Crippen LogP contribution in [0.3, 0.4) is 0 Å². The lowest BCUT2D eigenvalue weighted by molar-refractivity contribution is -0.149. The second kappa shape index (κ2) is 22.6. The van der Waals surface area contributed by atoms with E-state index in [4.69, 9.17) is 17.2 Å². The van der Waals surface area contributed by atoms with E-state index >= 15 is 0 Å². The van der Waals surface area contributed by atoms with E-state index in [1.807, 2.05) is 0 Å². The first-order valence-electron chi connectivity index (χ1n) is 16.1. The zero-order chi connectivity index (χ0) is 33.8. The molecule has 0 aromatic heterocycles. The van der Waals surface area contributed by atoms with Crippen LogP contribution in [0.4, 0.5) is 0 Å². The molecule has 0 spiro atoms. The summed E-state index contributed by atoms with van der Waals surface area (Å²) in [5, 5.41) is 17.6. The molecular weight excluding hydrogens is 602 g/mol. The Morgan fingerprint density at radius 3 is 2.07 bits per heavy atom. The summed E-state index contributed by atoms with van der Waals surface area (Å²) in [6.07, 6.45) is 6.46. The number of unbranched alkanes of at least 4 members (excludes halogenated alkanes) is 3. The number of nitrogens with zero attached hydrogens (tertiary/aromatic N) is 1. The molecule has 14 nitrogen and oxygen atoms in total. The number of thioether (sulfide) groups is 1. The normalized spacial score (nSPS) is 17.2. The summed E-state index contributed by atoms with van der Waals surface area (Å²) < 4.78 is 0. The van der Waals surface area contributed by atoms with Crippen LogP contribution in [0.25, 0.3) is 0 Å². The Balaban J connectivity index is 2.44. The molecule has 1 saturated heterocycles. The highest BCUT2D eigenvalue weighted by Gasteiger charge is 2.35. The van der Waals surface area contributed by atoms with Crippen LogP contribution in [-0.4, -0.2) is 101 Å². The molecule has 1 aliphatic heterocycles. The molecule has 0 bridgehead atoms. The molecule has 15 heteroatoms. The molecule has 1 unspecified atom stereocenters. The third-order valence-electron chi connectivity index (χ3n) is 7.86. The fourth-order valence-corrected chi connectivity index (χ4v) is 5.98. The molecule has 1 aliphatic rings. The van der Waals surface area contributed by atoms with Crippen molar-refractivity contribution in [2.24, 2.45) is 29.0 Å². The second-order valence-corrected chi connectivity index (χ2v) is 12.8. The van der Waals surface area contributed by atoms with Gasteiger partial charge in [-0.3, -0.25) is 24.0 Å². The van der Waals surface area contributed by atoms with Gasteiger partial charge in [0.15, 0.2) is 0 Å². The summed E-state index contributed by atoms with van der Waals surface area (Å²) >= 11 is 1.31. The van der Waals surface area contributed by atoms with Crippen LogP contribution < -0.4 is 33.2 Å². The summed E-state index contributed by atoms with van der Waals surface area (Å²) in [6, 6.07) is -2.51. The first-order chi connectivity index (χ1) is 21.4. The van der Waals surface area contributed by atoms with Gasteiger partial charge in [0.25, 0.3) is 0 Å². The third kappa shape index (κ3) is 15.8. The molecule has 1 fully saturated rings. The van der Waals surface area contributed by atoms with Crippen molar-refractivity contribution >= 4 is 47.3 Å². The molecule has 0 aromatic rings. The maximum Gasteiger partial charge on any atom is 0.326 e. The van der Waals surface area contributed by atoms with Gasteiger partial charge in [0, 0.05) is 30.7 Å². The Hall–Kier alpha value is -2.91. The highest BCUT2D eigenvalue weighted by Crippen LogP contribution is 2.21. The number of carboxylic acid groups (broad SMARTS) is 1. The number of likely N-dealkylation sites (tertiary alicyclic amines) is 1. The third-order valence-corrected chi connectivity index (χ3v) is 9.07. The van der Waals surface area contributed by atoms with Crippen molar-refractivity contribution in [3.63, 3.8) is 0 Å². The van der Waals surface area contributed by atoms with Crippen molar-refractivity contribution in [3.8, 4) is 0 Å². The monoisotopic (exact) mass is 657 g/mol. The number of carboxylic acids is 1. The number of hydrogen-bond donors (Lipinski definition) is 7. The Morgan fingerprint density at radius 2 is 1.44 bits per heavy atom. The van der Waals surface area contributed by atoms with Crippen LogP contribution in [0.2, 0.25) is 0 Å². The number of aliphatic carboxylic acids is 1. The smallest absolute Gasteiger partial charge is 0.326 e. The molecule has 1 heterocycles. The highest BCUT2D eigenvalue weighted by atomic mass is 32.2. The lowest BCUT2D eigenvalue weighted by atomic mass is 10.0. The van der Waals surface area contributed by atoms with Gasteiger partial charge in [-0.1, -0.05) is 20.3 Å². The fourth-order valence-electron chi connectivity index (χ4n) is 5.08.